The number of hydrogen-bond donors (Lipinski definition) is 1. The van der Waals surface area contributed by atoms with Crippen LogP contribution in [-0.2, 0) is 4.79 Å². The maximum atomic E-state index is 10.6. The lowest BCUT2D eigenvalue weighted by molar-refractivity contribution is -0.385. The molecule has 7 nitrogen and oxygen atoms in total. The highest BCUT2D eigenvalue weighted by Gasteiger charge is 2.16. The van der Waals surface area contributed by atoms with Crippen LogP contribution in [0.2, 0.25) is 0 Å². The summed E-state index contributed by atoms with van der Waals surface area (Å²) < 4.78 is 4.83. The van der Waals surface area contributed by atoms with E-state index in [2.05, 4.69) is 0 Å². The molecular formula is C9H7N3O4. The first-order chi connectivity index (χ1) is 7.54. The Morgan fingerprint density at radius 2 is 2.31 bits per heavy atom. The molecule has 0 radical (unpaired) electrons. The number of carbonyl (C=O) groups excluding carboxylic acids is 1. The fraction of sp³-hybridized carbons (Fsp3) is 0.111. The number of amides is 1. The van der Waals surface area contributed by atoms with Gasteiger partial charge in [0.2, 0.25) is 0 Å². The van der Waals surface area contributed by atoms with Gasteiger partial charge in [0.15, 0.2) is 12.4 Å². The van der Waals surface area contributed by atoms with Crippen molar-refractivity contribution in [3.8, 4) is 11.8 Å². The summed E-state index contributed by atoms with van der Waals surface area (Å²) in [5.41, 5.74) is 4.60. The van der Waals surface area contributed by atoms with Crippen molar-refractivity contribution in [1.29, 1.82) is 5.26 Å². The molecule has 7 heteroatoms. The zero-order chi connectivity index (χ0) is 12.1. The fourth-order valence-electron chi connectivity index (χ4n) is 1.00. The standard InChI is InChI=1S/C9H7N3O4/c10-4-6-1-2-8(16-5-9(11)13)7(3-6)12(14)15/h1-3H,5H2,(H2,11,13). The molecule has 1 amide bonds. The number of benzene rings is 1. The average Bonchev–Trinajstić information content (AvgIpc) is 2.25. The van der Waals surface area contributed by atoms with E-state index in [9.17, 15) is 14.9 Å². The molecule has 1 aromatic rings. The highest BCUT2D eigenvalue weighted by molar-refractivity contribution is 5.75. The number of nitro benzene ring substituents is 1. The molecule has 0 aliphatic heterocycles. The molecule has 0 bridgehead atoms. The van der Waals surface area contributed by atoms with E-state index in [0.29, 0.717) is 0 Å². The van der Waals surface area contributed by atoms with Crippen molar-refractivity contribution in [3.63, 3.8) is 0 Å². The van der Waals surface area contributed by atoms with Gasteiger partial charge in [-0.05, 0) is 12.1 Å². The Balaban J connectivity index is 3.04. The smallest absolute Gasteiger partial charge is 0.312 e. The van der Waals surface area contributed by atoms with Gasteiger partial charge in [-0.3, -0.25) is 14.9 Å². The lowest BCUT2D eigenvalue weighted by Gasteiger charge is -2.04. The van der Waals surface area contributed by atoms with Crippen molar-refractivity contribution >= 4 is 11.6 Å². The van der Waals surface area contributed by atoms with Crippen LogP contribution in [-0.4, -0.2) is 17.4 Å². The van der Waals surface area contributed by atoms with Crippen LogP contribution in [0.25, 0.3) is 0 Å². The molecule has 0 spiro atoms. The van der Waals surface area contributed by atoms with Gasteiger partial charge < -0.3 is 10.5 Å². The Kier molecular flexibility index (Phi) is 3.40. The maximum absolute atomic E-state index is 10.6. The molecule has 2 N–H and O–H groups in total. The van der Waals surface area contributed by atoms with Gasteiger partial charge in [-0.15, -0.1) is 0 Å². The third-order valence-electron chi connectivity index (χ3n) is 1.65. The first-order valence-corrected chi connectivity index (χ1v) is 4.14. The summed E-state index contributed by atoms with van der Waals surface area (Å²) in [5, 5.41) is 19.2. The van der Waals surface area contributed by atoms with Crippen LogP contribution >= 0.6 is 0 Å². The minimum absolute atomic E-state index is 0.0946. The Morgan fingerprint density at radius 1 is 1.62 bits per heavy atom. The highest BCUT2D eigenvalue weighted by atomic mass is 16.6. The summed E-state index contributed by atoms with van der Waals surface area (Å²) in [6.07, 6.45) is 0. The summed E-state index contributed by atoms with van der Waals surface area (Å²) in [4.78, 5) is 20.4. The summed E-state index contributed by atoms with van der Waals surface area (Å²) in [6, 6.07) is 5.43. The monoisotopic (exact) mass is 221 g/mol. The van der Waals surface area contributed by atoms with Gasteiger partial charge in [0.1, 0.15) is 0 Å². The van der Waals surface area contributed by atoms with Crippen LogP contribution in [0, 0.1) is 21.4 Å². The number of nitrogens with two attached hydrogens (primary N) is 1. The van der Waals surface area contributed by atoms with E-state index < -0.39 is 17.4 Å². The van der Waals surface area contributed by atoms with Gasteiger partial charge in [0.25, 0.3) is 5.91 Å². The molecule has 16 heavy (non-hydrogen) atoms. The number of nitrogens with zero attached hydrogens (tertiary/aromatic N) is 2. The predicted molar refractivity (Wildman–Crippen MR) is 52.5 cm³/mol. The third-order valence-corrected chi connectivity index (χ3v) is 1.65. The minimum atomic E-state index is -0.737. The summed E-state index contributed by atoms with van der Waals surface area (Å²) >= 11 is 0. The van der Waals surface area contributed by atoms with Crippen LogP contribution in [0.15, 0.2) is 18.2 Å². The molecule has 0 saturated heterocycles. The maximum Gasteiger partial charge on any atom is 0.312 e. The third kappa shape index (κ3) is 2.68. The van der Waals surface area contributed by atoms with Gasteiger partial charge in [0, 0.05) is 6.07 Å². The van der Waals surface area contributed by atoms with E-state index in [0.717, 1.165) is 6.07 Å². The number of primary amides is 1. The van der Waals surface area contributed by atoms with E-state index in [4.69, 9.17) is 15.7 Å². The fourth-order valence-corrected chi connectivity index (χ4v) is 1.00. The molecular weight excluding hydrogens is 214 g/mol. The molecule has 0 aliphatic rings. The van der Waals surface area contributed by atoms with Crippen molar-refractivity contribution in [1.82, 2.24) is 0 Å². The van der Waals surface area contributed by atoms with Crippen molar-refractivity contribution in [2.75, 3.05) is 6.61 Å². The molecule has 0 aromatic heterocycles. The van der Waals surface area contributed by atoms with E-state index >= 15 is 0 Å². The molecule has 1 rings (SSSR count). The molecule has 0 fully saturated rings. The predicted octanol–water partition coefficient (Wildman–Crippen LogP) is 0.331. The first-order valence-electron chi connectivity index (χ1n) is 4.14. The number of nitriles is 1. The van der Waals surface area contributed by atoms with Crippen LogP contribution < -0.4 is 10.5 Å². The summed E-state index contributed by atoms with van der Waals surface area (Å²) in [6.45, 7) is -0.452. The molecule has 82 valence electrons. The Labute approximate surface area is 90.2 Å². The molecule has 0 atom stereocenters. The number of ether oxygens (including phenoxy) is 1. The van der Waals surface area contributed by atoms with Crippen LogP contribution in [0.4, 0.5) is 5.69 Å². The molecule has 0 aliphatic carbocycles. The minimum Gasteiger partial charge on any atom is -0.477 e. The normalized spacial score (nSPS) is 9.19. The topological polar surface area (TPSA) is 119 Å². The van der Waals surface area contributed by atoms with Crippen LogP contribution in [0.5, 0.6) is 5.75 Å². The van der Waals surface area contributed by atoms with E-state index in [1.165, 1.54) is 12.1 Å². The zero-order valence-electron chi connectivity index (χ0n) is 8.04. The largest absolute Gasteiger partial charge is 0.477 e. The van der Waals surface area contributed by atoms with Crippen molar-refractivity contribution in [3.05, 3.63) is 33.9 Å². The second-order valence-corrected chi connectivity index (χ2v) is 2.81. The Bertz CT molecular complexity index is 478. The molecule has 0 unspecified atom stereocenters. The quantitative estimate of drug-likeness (QED) is 0.580. The van der Waals surface area contributed by atoms with E-state index in [-0.39, 0.29) is 17.0 Å². The Morgan fingerprint density at radius 3 is 2.81 bits per heavy atom. The van der Waals surface area contributed by atoms with Gasteiger partial charge in [-0.25, -0.2) is 0 Å². The summed E-state index contributed by atoms with van der Waals surface area (Å²) in [5.74, 6) is -0.832. The van der Waals surface area contributed by atoms with Gasteiger partial charge >= 0.3 is 5.69 Å². The Hall–Kier alpha value is -2.62. The average molecular weight is 221 g/mol. The first kappa shape index (κ1) is 11.5. The number of rotatable bonds is 4. The lowest BCUT2D eigenvalue weighted by Crippen LogP contribution is -2.20. The highest BCUT2D eigenvalue weighted by Crippen LogP contribution is 2.27. The molecule has 0 heterocycles. The lowest BCUT2D eigenvalue weighted by atomic mass is 10.2. The second-order valence-electron chi connectivity index (χ2n) is 2.81. The van der Waals surface area contributed by atoms with Crippen LogP contribution in [0.3, 0.4) is 0 Å². The van der Waals surface area contributed by atoms with Gasteiger partial charge in [-0.1, -0.05) is 0 Å². The van der Waals surface area contributed by atoms with Crippen molar-refractivity contribution in [2.24, 2.45) is 5.73 Å². The van der Waals surface area contributed by atoms with Crippen molar-refractivity contribution in [2.45, 2.75) is 0 Å². The number of hydrogen-bond acceptors (Lipinski definition) is 5. The number of carbonyl (C=O) groups is 1. The SMILES string of the molecule is N#Cc1ccc(OCC(N)=O)c([N+](=O)[O-])c1. The molecule has 0 saturated carbocycles. The zero-order valence-corrected chi connectivity index (χ0v) is 8.04. The van der Waals surface area contributed by atoms with Crippen LogP contribution in [0.1, 0.15) is 5.56 Å². The van der Waals surface area contributed by atoms with Gasteiger partial charge in [-0.2, -0.15) is 5.26 Å². The second kappa shape index (κ2) is 4.75. The number of nitro groups is 1. The van der Waals surface area contributed by atoms with Gasteiger partial charge in [0.05, 0.1) is 16.6 Å². The van der Waals surface area contributed by atoms with E-state index in [1.54, 1.807) is 6.07 Å². The molecule has 1 aromatic carbocycles. The van der Waals surface area contributed by atoms with Crippen molar-refractivity contribution < 1.29 is 14.5 Å². The summed E-state index contributed by atoms with van der Waals surface area (Å²) in [7, 11) is 0. The van der Waals surface area contributed by atoms with E-state index in [1.807, 2.05) is 0 Å².